The number of likely N-dealkylation sites (tertiary alicyclic amines) is 2. The highest BCUT2D eigenvalue weighted by molar-refractivity contribution is 6.01. The van der Waals surface area contributed by atoms with E-state index < -0.39 is 17.6 Å². The molecule has 2 N–H and O–H groups in total. The molecule has 176 valence electrons. The summed E-state index contributed by atoms with van der Waals surface area (Å²) in [5.74, 6) is -1.19. The monoisotopic (exact) mass is 460 g/mol. The minimum Gasteiger partial charge on any atom is -0.364 e. The highest BCUT2D eigenvalue weighted by Crippen LogP contribution is 2.33. The molecule has 6 nitrogen and oxygen atoms in total. The van der Waals surface area contributed by atoms with Crippen LogP contribution in [0.1, 0.15) is 57.8 Å². The van der Waals surface area contributed by atoms with Gasteiger partial charge in [-0.2, -0.15) is 13.2 Å². The maximum atomic E-state index is 13.2. The highest BCUT2D eigenvalue weighted by atomic mass is 19.4. The fourth-order valence-electron chi connectivity index (χ4n) is 4.79. The van der Waals surface area contributed by atoms with Crippen LogP contribution in [0.3, 0.4) is 0 Å². The number of nitrogens with two attached hydrogens (primary N) is 1. The lowest BCUT2D eigenvalue weighted by molar-refractivity contribution is -0.137. The SMILES string of the molecule is Cc1cc(-c2cccc(C(F)(F)F)c2)c(C(N)=O)nc1C(=O)N1CCC(N2CCCC2)CC1. The van der Waals surface area contributed by atoms with E-state index in [1.54, 1.807) is 11.8 Å². The van der Waals surface area contributed by atoms with Gasteiger partial charge in [0.05, 0.1) is 5.56 Å². The molecular weight excluding hydrogens is 433 g/mol. The normalized spacial score (nSPS) is 18.0. The molecule has 0 saturated carbocycles. The number of piperidine rings is 1. The van der Waals surface area contributed by atoms with Gasteiger partial charge in [-0.3, -0.25) is 9.59 Å². The van der Waals surface area contributed by atoms with Crippen LogP contribution in [0, 0.1) is 6.92 Å². The van der Waals surface area contributed by atoms with Crippen LogP contribution < -0.4 is 5.73 Å². The number of carbonyl (C=O) groups is 2. The molecule has 2 fully saturated rings. The van der Waals surface area contributed by atoms with Crippen molar-refractivity contribution in [3.8, 4) is 11.1 Å². The number of carbonyl (C=O) groups excluding carboxylic acids is 2. The number of pyridine rings is 1. The van der Waals surface area contributed by atoms with Gasteiger partial charge in [0.15, 0.2) is 0 Å². The van der Waals surface area contributed by atoms with E-state index >= 15 is 0 Å². The first-order valence-corrected chi connectivity index (χ1v) is 11.2. The van der Waals surface area contributed by atoms with Gasteiger partial charge in [-0.05, 0) is 75.0 Å². The zero-order valence-corrected chi connectivity index (χ0v) is 18.5. The Morgan fingerprint density at radius 2 is 1.70 bits per heavy atom. The van der Waals surface area contributed by atoms with Gasteiger partial charge < -0.3 is 15.5 Å². The molecule has 2 aliphatic heterocycles. The minimum absolute atomic E-state index is 0.110. The summed E-state index contributed by atoms with van der Waals surface area (Å²) >= 11 is 0. The molecule has 1 aromatic heterocycles. The van der Waals surface area contributed by atoms with Crippen LogP contribution in [-0.2, 0) is 6.18 Å². The number of primary amides is 1. The maximum absolute atomic E-state index is 13.2. The van der Waals surface area contributed by atoms with Gasteiger partial charge in [-0.15, -0.1) is 0 Å². The molecular formula is C24H27F3N4O2. The third-order valence-electron chi connectivity index (χ3n) is 6.56. The zero-order chi connectivity index (χ0) is 23.8. The van der Waals surface area contributed by atoms with E-state index in [0.717, 1.165) is 38.1 Å². The fourth-order valence-corrected chi connectivity index (χ4v) is 4.79. The van der Waals surface area contributed by atoms with Crippen molar-refractivity contribution in [2.24, 2.45) is 5.73 Å². The lowest BCUT2D eigenvalue weighted by atomic mass is 9.97. The van der Waals surface area contributed by atoms with E-state index in [1.807, 2.05) is 0 Å². The molecule has 0 radical (unpaired) electrons. The van der Waals surface area contributed by atoms with Crippen LogP contribution in [-0.4, -0.2) is 58.8 Å². The highest BCUT2D eigenvalue weighted by Gasteiger charge is 2.32. The molecule has 2 aliphatic rings. The molecule has 9 heteroatoms. The molecule has 2 aromatic rings. The molecule has 0 unspecified atom stereocenters. The summed E-state index contributed by atoms with van der Waals surface area (Å²) in [7, 11) is 0. The van der Waals surface area contributed by atoms with Gasteiger partial charge in [-0.25, -0.2) is 4.98 Å². The van der Waals surface area contributed by atoms with Gasteiger partial charge in [0.25, 0.3) is 11.8 Å². The van der Waals surface area contributed by atoms with Crippen molar-refractivity contribution in [2.45, 2.75) is 44.8 Å². The van der Waals surface area contributed by atoms with Gasteiger partial charge >= 0.3 is 6.18 Å². The summed E-state index contributed by atoms with van der Waals surface area (Å²) in [4.78, 5) is 33.8. The second-order valence-corrected chi connectivity index (χ2v) is 8.76. The summed E-state index contributed by atoms with van der Waals surface area (Å²) in [5.41, 5.74) is 5.39. The number of amides is 2. The number of halogens is 3. The van der Waals surface area contributed by atoms with Crippen LogP contribution in [0.2, 0.25) is 0 Å². The van der Waals surface area contributed by atoms with E-state index in [2.05, 4.69) is 9.88 Å². The second-order valence-electron chi connectivity index (χ2n) is 8.76. The first kappa shape index (κ1) is 23.2. The number of aryl methyl sites for hydroxylation is 1. The number of benzene rings is 1. The molecule has 0 aliphatic carbocycles. The molecule has 0 spiro atoms. The Kier molecular flexibility index (Phi) is 6.43. The van der Waals surface area contributed by atoms with Crippen LogP contribution in [0.4, 0.5) is 13.2 Å². The van der Waals surface area contributed by atoms with E-state index in [9.17, 15) is 22.8 Å². The van der Waals surface area contributed by atoms with Crippen molar-refractivity contribution in [3.63, 3.8) is 0 Å². The third-order valence-corrected chi connectivity index (χ3v) is 6.56. The van der Waals surface area contributed by atoms with E-state index in [0.29, 0.717) is 24.7 Å². The number of hydrogen-bond acceptors (Lipinski definition) is 4. The minimum atomic E-state index is -4.53. The largest absolute Gasteiger partial charge is 0.416 e. The molecule has 3 heterocycles. The predicted molar refractivity (Wildman–Crippen MR) is 118 cm³/mol. The van der Waals surface area contributed by atoms with E-state index in [4.69, 9.17) is 5.73 Å². The summed E-state index contributed by atoms with van der Waals surface area (Å²) in [6, 6.07) is 6.64. The third kappa shape index (κ3) is 4.88. The predicted octanol–water partition coefficient (Wildman–Crippen LogP) is 3.88. The Morgan fingerprint density at radius 1 is 1.03 bits per heavy atom. The Hall–Kier alpha value is -2.94. The lowest BCUT2D eigenvalue weighted by Crippen LogP contribution is -2.46. The van der Waals surface area contributed by atoms with Crippen molar-refractivity contribution in [1.29, 1.82) is 0 Å². The fraction of sp³-hybridized carbons (Fsp3) is 0.458. The quantitative estimate of drug-likeness (QED) is 0.751. The Morgan fingerprint density at radius 3 is 2.30 bits per heavy atom. The van der Waals surface area contributed by atoms with Gasteiger partial charge in [-0.1, -0.05) is 12.1 Å². The van der Waals surface area contributed by atoms with E-state index in [-0.39, 0.29) is 28.4 Å². The maximum Gasteiger partial charge on any atom is 0.416 e. The van der Waals surface area contributed by atoms with Gasteiger partial charge in [0, 0.05) is 24.7 Å². The number of alkyl halides is 3. The van der Waals surface area contributed by atoms with Crippen molar-refractivity contribution in [1.82, 2.24) is 14.8 Å². The Bertz CT molecular complexity index is 1060. The summed E-state index contributed by atoms with van der Waals surface area (Å²) in [5, 5.41) is 0. The average Bonchev–Trinajstić information content (AvgIpc) is 3.33. The number of nitrogens with zero attached hydrogens (tertiary/aromatic N) is 3. The average molecular weight is 461 g/mol. The van der Waals surface area contributed by atoms with Gasteiger partial charge in [0.2, 0.25) is 0 Å². The standard InChI is InChI=1S/C24H27F3N4O2/c1-15-13-19(16-5-4-6-17(14-16)24(25,26)27)21(22(28)32)29-20(15)23(33)31-11-7-18(8-12-31)30-9-2-3-10-30/h4-6,13-14,18H,2-3,7-12H2,1H3,(H2,28,32). The summed E-state index contributed by atoms with van der Waals surface area (Å²) in [6.45, 7) is 5.08. The lowest BCUT2D eigenvalue weighted by Gasteiger charge is -2.36. The molecule has 33 heavy (non-hydrogen) atoms. The van der Waals surface area contributed by atoms with Crippen molar-refractivity contribution < 1.29 is 22.8 Å². The molecule has 0 bridgehead atoms. The Balaban J connectivity index is 1.60. The van der Waals surface area contributed by atoms with E-state index in [1.165, 1.54) is 31.0 Å². The molecule has 4 rings (SSSR count). The topological polar surface area (TPSA) is 79.5 Å². The first-order valence-electron chi connectivity index (χ1n) is 11.2. The van der Waals surface area contributed by atoms with Crippen LogP contribution in [0.25, 0.3) is 11.1 Å². The first-order chi connectivity index (χ1) is 15.6. The van der Waals surface area contributed by atoms with Crippen molar-refractivity contribution in [2.75, 3.05) is 26.2 Å². The number of hydrogen-bond donors (Lipinski definition) is 1. The zero-order valence-electron chi connectivity index (χ0n) is 18.5. The molecule has 1 aromatic carbocycles. The smallest absolute Gasteiger partial charge is 0.364 e. The Labute approximate surface area is 190 Å². The van der Waals surface area contributed by atoms with Crippen LogP contribution in [0.5, 0.6) is 0 Å². The molecule has 2 saturated heterocycles. The summed E-state index contributed by atoms with van der Waals surface area (Å²) in [6.07, 6.45) is -0.319. The number of rotatable bonds is 4. The van der Waals surface area contributed by atoms with Crippen LogP contribution in [0.15, 0.2) is 30.3 Å². The molecule has 0 atom stereocenters. The van der Waals surface area contributed by atoms with Crippen molar-refractivity contribution >= 4 is 11.8 Å². The van der Waals surface area contributed by atoms with Crippen molar-refractivity contribution in [3.05, 3.63) is 52.8 Å². The van der Waals surface area contributed by atoms with Gasteiger partial charge in [0.1, 0.15) is 11.4 Å². The number of aromatic nitrogens is 1. The second kappa shape index (κ2) is 9.13. The molecule has 2 amide bonds. The summed E-state index contributed by atoms with van der Waals surface area (Å²) < 4.78 is 39.5. The van der Waals surface area contributed by atoms with Crippen LogP contribution >= 0.6 is 0 Å².